The van der Waals surface area contributed by atoms with Crippen LogP contribution in [-0.2, 0) is 0 Å². The van der Waals surface area contributed by atoms with Crippen LogP contribution in [0.2, 0.25) is 0 Å². The molecule has 168 valence electrons. The maximum atomic E-state index is 5.97. The van der Waals surface area contributed by atoms with Crippen molar-refractivity contribution in [2.24, 2.45) is 5.92 Å². The highest BCUT2D eigenvalue weighted by Crippen LogP contribution is 2.38. The van der Waals surface area contributed by atoms with E-state index in [-0.39, 0.29) is 0 Å². The molecule has 0 amide bonds. The number of hydrogen-bond donors (Lipinski definition) is 0. The fourth-order valence-electron chi connectivity index (χ4n) is 4.88. The summed E-state index contributed by atoms with van der Waals surface area (Å²) in [6.07, 6.45) is 27.8. The van der Waals surface area contributed by atoms with Crippen molar-refractivity contribution in [3.8, 4) is 18.1 Å². The first-order valence-corrected chi connectivity index (χ1v) is 13.0. The van der Waals surface area contributed by atoms with Gasteiger partial charge in [-0.25, -0.2) is 0 Å². The largest absolute Gasteiger partial charge is 0.494 e. The topological polar surface area (TPSA) is 9.23 Å². The monoisotopic (exact) mass is 410 g/mol. The minimum absolute atomic E-state index is 0.771. The molecule has 0 radical (unpaired) electrons. The third-order valence-corrected chi connectivity index (χ3v) is 6.90. The molecule has 0 saturated heterocycles. The Labute approximate surface area is 187 Å². The molecule has 1 aromatic carbocycles. The van der Waals surface area contributed by atoms with Gasteiger partial charge in [-0.1, -0.05) is 83.3 Å². The van der Waals surface area contributed by atoms with Gasteiger partial charge in [0.1, 0.15) is 5.75 Å². The van der Waals surface area contributed by atoms with E-state index < -0.39 is 0 Å². The Morgan fingerprint density at radius 1 is 0.800 bits per heavy atom. The summed E-state index contributed by atoms with van der Waals surface area (Å²) < 4.78 is 5.97. The van der Waals surface area contributed by atoms with Crippen LogP contribution in [0.25, 0.3) is 0 Å². The molecule has 0 N–H and O–H groups in total. The molecule has 0 spiro atoms. The lowest BCUT2D eigenvalue weighted by Crippen LogP contribution is -2.13. The van der Waals surface area contributed by atoms with E-state index in [9.17, 15) is 0 Å². The molecular weight excluding hydrogens is 364 g/mol. The molecule has 1 aliphatic carbocycles. The van der Waals surface area contributed by atoms with Gasteiger partial charge >= 0.3 is 0 Å². The Morgan fingerprint density at radius 3 is 2.07 bits per heavy atom. The fourth-order valence-corrected chi connectivity index (χ4v) is 4.88. The molecule has 0 aliphatic heterocycles. The molecule has 1 nitrogen and oxygen atoms in total. The van der Waals surface area contributed by atoms with E-state index in [2.05, 4.69) is 37.1 Å². The number of terminal acetylenes is 1. The number of hydrogen-bond acceptors (Lipinski definition) is 1. The smallest absolute Gasteiger partial charge is 0.119 e. The molecule has 0 unspecified atom stereocenters. The maximum absolute atomic E-state index is 5.97. The first-order chi connectivity index (χ1) is 14.8. The Balaban J connectivity index is 1.50. The van der Waals surface area contributed by atoms with Crippen LogP contribution in [0, 0.1) is 18.3 Å². The fraction of sp³-hybridized carbons (Fsp3) is 0.724. The Bertz CT molecular complexity index is 559. The Morgan fingerprint density at radius 2 is 1.43 bits per heavy atom. The zero-order valence-electron chi connectivity index (χ0n) is 19.7. The molecular formula is C29H46O. The van der Waals surface area contributed by atoms with Crippen molar-refractivity contribution >= 4 is 0 Å². The average Bonchev–Trinajstić information content (AvgIpc) is 2.79. The molecule has 2 rings (SSSR count). The van der Waals surface area contributed by atoms with Crippen molar-refractivity contribution in [1.29, 1.82) is 0 Å². The number of ether oxygens (including phenoxy) is 1. The van der Waals surface area contributed by atoms with E-state index in [1.807, 2.05) is 0 Å². The van der Waals surface area contributed by atoms with E-state index >= 15 is 0 Å². The van der Waals surface area contributed by atoms with Gasteiger partial charge in [0, 0.05) is 6.42 Å². The van der Waals surface area contributed by atoms with Crippen molar-refractivity contribution in [3.05, 3.63) is 29.8 Å². The van der Waals surface area contributed by atoms with Crippen LogP contribution in [0.5, 0.6) is 5.75 Å². The van der Waals surface area contributed by atoms with Crippen LogP contribution in [-0.4, -0.2) is 6.61 Å². The van der Waals surface area contributed by atoms with Gasteiger partial charge in [0.25, 0.3) is 0 Å². The number of rotatable bonds is 16. The molecule has 0 heterocycles. The highest BCUT2D eigenvalue weighted by molar-refractivity contribution is 5.29. The molecule has 1 heteroatoms. The second kappa shape index (κ2) is 16.3. The SMILES string of the molecule is C#CCCCCCCCCCCOc1ccc(C2CCC(CCCCC)CC2)cc1. The van der Waals surface area contributed by atoms with E-state index in [4.69, 9.17) is 11.2 Å². The summed E-state index contributed by atoms with van der Waals surface area (Å²) in [6.45, 7) is 3.15. The summed E-state index contributed by atoms with van der Waals surface area (Å²) in [7, 11) is 0. The normalized spacial score (nSPS) is 18.8. The van der Waals surface area contributed by atoms with Gasteiger partial charge in [0.2, 0.25) is 0 Å². The van der Waals surface area contributed by atoms with Gasteiger partial charge in [-0.3, -0.25) is 0 Å². The Kier molecular flexibility index (Phi) is 13.5. The molecule has 30 heavy (non-hydrogen) atoms. The van der Waals surface area contributed by atoms with Gasteiger partial charge in [-0.2, -0.15) is 0 Å². The van der Waals surface area contributed by atoms with E-state index in [1.54, 1.807) is 0 Å². The van der Waals surface area contributed by atoms with Crippen LogP contribution in [0.15, 0.2) is 24.3 Å². The summed E-state index contributed by atoms with van der Waals surface area (Å²) in [5.41, 5.74) is 1.52. The van der Waals surface area contributed by atoms with Gasteiger partial charge in [-0.05, 0) is 68.1 Å². The third kappa shape index (κ3) is 10.6. The first-order valence-electron chi connectivity index (χ1n) is 13.0. The molecule has 0 aromatic heterocycles. The van der Waals surface area contributed by atoms with E-state index in [0.717, 1.165) is 30.6 Å². The van der Waals surface area contributed by atoms with Crippen molar-refractivity contribution in [2.75, 3.05) is 6.61 Å². The van der Waals surface area contributed by atoms with Crippen molar-refractivity contribution < 1.29 is 4.74 Å². The summed E-state index contributed by atoms with van der Waals surface area (Å²) in [5, 5.41) is 0. The van der Waals surface area contributed by atoms with Crippen LogP contribution in [0.4, 0.5) is 0 Å². The zero-order valence-corrected chi connectivity index (χ0v) is 19.7. The van der Waals surface area contributed by atoms with Crippen LogP contribution in [0.3, 0.4) is 0 Å². The van der Waals surface area contributed by atoms with E-state index in [0.29, 0.717) is 0 Å². The predicted molar refractivity (Wildman–Crippen MR) is 131 cm³/mol. The molecule has 0 bridgehead atoms. The lowest BCUT2D eigenvalue weighted by atomic mass is 9.77. The molecule has 1 fully saturated rings. The lowest BCUT2D eigenvalue weighted by molar-refractivity contribution is 0.299. The van der Waals surface area contributed by atoms with Crippen molar-refractivity contribution in [2.45, 2.75) is 122 Å². The average molecular weight is 411 g/mol. The number of benzene rings is 1. The molecule has 1 aromatic rings. The zero-order chi connectivity index (χ0) is 21.3. The summed E-state index contributed by atoms with van der Waals surface area (Å²) in [6, 6.07) is 9.02. The summed E-state index contributed by atoms with van der Waals surface area (Å²) in [5.74, 6) is 5.52. The van der Waals surface area contributed by atoms with Gasteiger partial charge < -0.3 is 4.74 Å². The first kappa shape index (κ1) is 24.8. The minimum Gasteiger partial charge on any atom is -0.494 e. The lowest BCUT2D eigenvalue weighted by Gasteiger charge is -2.29. The standard InChI is InChI=1S/C29H46O/c1-3-5-7-8-9-10-11-12-13-15-25-30-29-23-21-28(22-24-29)27-19-17-26(18-20-27)16-14-6-4-2/h1,21-24,26-27H,4-20,25H2,2H3. The maximum Gasteiger partial charge on any atom is 0.119 e. The minimum atomic E-state index is 0.771. The van der Waals surface area contributed by atoms with Gasteiger partial charge in [0.05, 0.1) is 6.61 Å². The highest BCUT2D eigenvalue weighted by Gasteiger charge is 2.21. The third-order valence-electron chi connectivity index (χ3n) is 6.90. The van der Waals surface area contributed by atoms with Gasteiger partial charge in [0.15, 0.2) is 0 Å². The van der Waals surface area contributed by atoms with Crippen molar-refractivity contribution in [1.82, 2.24) is 0 Å². The van der Waals surface area contributed by atoms with Crippen molar-refractivity contribution in [3.63, 3.8) is 0 Å². The second-order valence-electron chi connectivity index (χ2n) is 9.41. The Hall–Kier alpha value is -1.42. The van der Waals surface area contributed by atoms with E-state index in [1.165, 1.54) is 108 Å². The number of unbranched alkanes of at least 4 members (excludes halogenated alkanes) is 10. The molecule has 1 aliphatic rings. The second-order valence-corrected chi connectivity index (χ2v) is 9.41. The molecule has 0 atom stereocenters. The predicted octanol–water partition coefficient (Wildman–Crippen LogP) is 9.06. The highest BCUT2D eigenvalue weighted by atomic mass is 16.5. The quantitative estimate of drug-likeness (QED) is 0.195. The summed E-state index contributed by atoms with van der Waals surface area (Å²) in [4.78, 5) is 0. The van der Waals surface area contributed by atoms with Crippen LogP contribution >= 0.6 is 0 Å². The van der Waals surface area contributed by atoms with Gasteiger partial charge in [-0.15, -0.1) is 12.3 Å². The van der Waals surface area contributed by atoms with Crippen LogP contribution in [0.1, 0.15) is 128 Å². The van der Waals surface area contributed by atoms with Crippen LogP contribution < -0.4 is 4.74 Å². The molecule has 1 saturated carbocycles. The summed E-state index contributed by atoms with van der Waals surface area (Å²) >= 11 is 0.